The quantitative estimate of drug-likeness (QED) is 0.662. The maximum Gasteiger partial charge on any atom is 0.271 e. The van der Waals surface area contributed by atoms with Crippen LogP contribution in [-0.4, -0.2) is 28.4 Å². The van der Waals surface area contributed by atoms with Crippen molar-refractivity contribution in [2.75, 3.05) is 11.9 Å². The fraction of sp³-hybridized carbons (Fsp3) is 0.190. The Morgan fingerprint density at radius 2 is 1.86 bits per heavy atom. The molecule has 3 rings (SSSR count). The average molecular weight is 397 g/mol. The maximum absolute atomic E-state index is 13.1. The predicted octanol–water partition coefficient (Wildman–Crippen LogP) is 3.18. The number of carbonyl (C=O) groups is 1. The molecule has 2 aromatic carbocycles. The Morgan fingerprint density at radius 1 is 1.14 bits per heavy atom. The summed E-state index contributed by atoms with van der Waals surface area (Å²) in [6, 6.07) is 15.0. The van der Waals surface area contributed by atoms with Gasteiger partial charge in [-0.1, -0.05) is 12.1 Å². The van der Waals surface area contributed by atoms with Crippen LogP contribution in [0.4, 0.5) is 10.1 Å². The van der Waals surface area contributed by atoms with Gasteiger partial charge in [0, 0.05) is 12.1 Å². The number of ether oxygens (including phenoxy) is 2. The Bertz CT molecular complexity index is 1050. The molecule has 0 unspecified atom stereocenters. The average Bonchev–Trinajstić information content (AvgIpc) is 2.71. The molecule has 150 valence electrons. The van der Waals surface area contributed by atoms with Gasteiger partial charge in [0.25, 0.3) is 11.5 Å². The summed E-state index contributed by atoms with van der Waals surface area (Å²) < 4.78 is 25.3. The summed E-state index contributed by atoms with van der Waals surface area (Å²) in [5, 5.41) is 6.86. The van der Waals surface area contributed by atoms with Gasteiger partial charge in [-0.25, -0.2) is 4.39 Å². The number of amides is 1. The van der Waals surface area contributed by atoms with Gasteiger partial charge in [0.15, 0.2) is 6.10 Å². The molecular formula is C21H20FN3O4. The van der Waals surface area contributed by atoms with E-state index in [2.05, 4.69) is 10.4 Å². The van der Waals surface area contributed by atoms with E-state index < -0.39 is 23.4 Å². The highest BCUT2D eigenvalue weighted by Crippen LogP contribution is 2.24. The Morgan fingerprint density at radius 3 is 2.59 bits per heavy atom. The Kier molecular flexibility index (Phi) is 6.23. The number of benzene rings is 2. The highest BCUT2D eigenvalue weighted by molar-refractivity contribution is 5.95. The van der Waals surface area contributed by atoms with Gasteiger partial charge in [0.1, 0.15) is 11.6 Å². The molecule has 0 bridgehead atoms. The number of nitrogens with one attached hydrogen (secondary N) is 1. The van der Waals surface area contributed by atoms with E-state index in [-0.39, 0.29) is 5.88 Å². The van der Waals surface area contributed by atoms with Crippen molar-refractivity contribution in [3.8, 4) is 17.3 Å². The van der Waals surface area contributed by atoms with Gasteiger partial charge in [-0.3, -0.25) is 9.59 Å². The van der Waals surface area contributed by atoms with E-state index in [1.54, 1.807) is 25.1 Å². The van der Waals surface area contributed by atoms with Crippen LogP contribution in [0.1, 0.15) is 13.8 Å². The topological polar surface area (TPSA) is 82.5 Å². The Hall–Kier alpha value is -3.68. The molecule has 1 heterocycles. The Labute approximate surface area is 166 Å². The van der Waals surface area contributed by atoms with E-state index in [9.17, 15) is 14.0 Å². The molecule has 0 aliphatic heterocycles. The predicted molar refractivity (Wildman–Crippen MR) is 106 cm³/mol. The monoisotopic (exact) mass is 397 g/mol. The third-order valence-electron chi connectivity index (χ3n) is 3.96. The van der Waals surface area contributed by atoms with Crippen LogP contribution < -0.4 is 20.3 Å². The van der Waals surface area contributed by atoms with Crippen molar-refractivity contribution < 1.29 is 18.7 Å². The Balaban J connectivity index is 1.74. The minimum atomic E-state index is -0.892. The van der Waals surface area contributed by atoms with E-state index >= 15 is 0 Å². The van der Waals surface area contributed by atoms with Gasteiger partial charge >= 0.3 is 0 Å². The van der Waals surface area contributed by atoms with Crippen LogP contribution in [0.5, 0.6) is 11.6 Å². The summed E-state index contributed by atoms with van der Waals surface area (Å²) in [5.74, 6) is -0.196. The lowest BCUT2D eigenvalue weighted by Crippen LogP contribution is -2.31. The lowest BCUT2D eigenvalue weighted by Gasteiger charge is -2.16. The van der Waals surface area contributed by atoms with Gasteiger partial charge in [0.2, 0.25) is 5.88 Å². The van der Waals surface area contributed by atoms with Gasteiger partial charge in [0.05, 0.1) is 18.0 Å². The molecule has 8 heteroatoms. The third-order valence-corrected chi connectivity index (χ3v) is 3.96. The number of nitrogens with zero attached hydrogens (tertiary/aromatic N) is 2. The van der Waals surface area contributed by atoms with Gasteiger partial charge in [-0.15, -0.1) is 5.10 Å². The lowest BCUT2D eigenvalue weighted by molar-refractivity contribution is -0.122. The molecule has 1 N–H and O–H groups in total. The molecule has 0 saturated heterocycles. The number of rotatable bonds is 7. The zero-order chi connectivity index (χ0) is 20.8. The second-order valence-electron chi connectivity index (χ2n) is 6.08. The molecule has 0 spiro atoms. The van der Waals surface area contributed by atoms with E-state index in [1.165, 1.54) is 36.4 Å². The van der Waals surface area contributed by atoms with Crippen molar-refractivity contribution in [1.29, 1.82) is 0 Å². The molecule has 0 fully saturated rings. The fourth-order valence-electron chi connectivity index (χ4n) is 2.54. The molecule has 7 nitrogen and oxygen atoms in total. The summed E-state index contributed by atoms with van der Waals surface area (Å²) in [4.78, 5) is 24.6. The standard InChI is InChI=1S/C21H20FN3O4/c1-3-28-18-7-5-4-6-17(18)23-21(27)14(2)29-19-12-13-20(26)25(24-19)16-10-8-15(22)9-11-16/h4-14H,3H2,1-2H3,(H,23,27)/t14-/m0/s1. The number of para-hydroxylation sites is 2. The smallest absolute Gasteiger partial charge is 0.271 e. The van der Waals surface area contributed by atoms with Crippen LogP contribution in [0, 0.1) is 5.82 Å². The zero-order valence-corrected chi connectivity index (χ0v) is 16.0. The summed E-state index contributed by atoms with van der Waals surface area (Å²) in [5.41, 5.74) is 0.496. The summed E-state index contributed by atoms with van der Waals surface area (Å²) in [6.07, 6.45) is -0.892. The normalized spacial score (nSPS) is 11.6. The number of carbonyl (C=O) groups excluding carboxylic acids is 1. The van der Waals surface area contributed by atoms with Crippen LogP contribution in [0.3, 0.4) is 0 Å². The molecule has 0 aliphatic carbocycles. The number of halogens is 1. The van der Waals surface area contributed by atoms with Crippen molar-refractivity contribution in [1.82, 2.24) is 9.78 Å². The number of hydrogen-bond acceptors (Lipinski definition) is 5. The molecule has 1 atom stereocenters. The van der Waals surface area contributed by atoms with Crippen molar-refractivity contribution >= 4 is 11.6 Å². The van der Waals surface area contributed by atoms with Gasteiger partial charge in [-0.05, 0) is 50.2 Å². The van der Waals surface area contributed by atoms with Crippen molar-refractivity contribution in [3.63, 3.8) is 0 Å². The molecule has 0 radical (unpaired) electrons. The lowest BCUT2D eigenvalue weighted by atomic mass is 10.2. The summed E-state index contributed by atoms with van der Waals surface area (Å²) in [7, 11) is 0. The highest BCUT2D eigenvalue weighted by Gasteiger charge is 2.18. The molecule has 0 aliphatic rings. The van der Waals surface area contributed by atoms with Crippen molar-refractivity contribution in [3.05, 3.63) is 76.8 Å². The first kappa shape index (κ1) is 20.1. The van der Waals surface area contributed by atoms with Crippen LogP contribution in [0.25, 0.3) is 5.69 Å². The largest absolute Gasteiger partial charge is 0.492 e. The van der Waals surface area contributed by atoms with E-state index in [0.717, 1.165) is 4.68 Å². The molecule has 0 saturated carbocycles. The van der Waals surface area contributed by atoms with Gasteiger partial charge in [-0.2, -0.15) is 4.68 Å². The van der Waals surface area contributed by atoms with E-state index in [4.69, 9.17) is 9.47 Å². The molecule has 1 amide bonds. The molecule has 1 aromatic heterocycles. The molecule has 3 aromatic rings. The SMILES string of the molecule is CCOc1ccccc1NC(=O)[C@H](C)Oc1ccc(=O)n(-c2ccc(F)cc2)n1. The van der Waals surface area contributed by atoms with Gasteiger partial charge < -0.3 is 14.8 Å². The van der Waals surface area contributed by atoms with E-state index in [1.807, 2.05) is 13.0 Å². The fourth-order valence-corrected chi connectivity index (χ4v) is 2.54. The molecular weight excluding hydrogens is 377 g/mol. The number of aromatic nitrogens is 2. The van der Waals surface area contributed by atoms with E-state index in [0.29, 0.717) is 23.7 Å². The molecule has 29 heavy (non-hydrogen) atoms. The zero-order valence-electron chi connectivity index (χ0n) is 16.0. The first-order valence-corrected chi connectivity index (χ1v) is 9.03. The van der Waals surface area contributed by atoms with Crippen LogP contribution in [-0.2, 0) is 4.79 Å². The number of anilines is 1. The minimum absolute atomic E-state index is 0.0784. The summed E-state index contributed by atoms with van der Waals surface area (Å²) >= 11 is 0. The third kappa shape index (κ3) is 4.98. The second-order valence-corrected chi connectivity index (χ2v) is 6.08. The van der Waals surface area contributed by atoms with Crippen LogP contribution in [0.15, 0.2) is 65.5 Å². The maximum atomic E-state index is 13.1. The highest BCUT2D eigenvalue weighted by atomic mass is 19.1. The van der Waals surface area contributed by atoms with Crippen molar-refractivity contribution in [2.24, 2.45) is 0 Å². The summed E-state index contributed by atoms with van der Waals surface area (Å²) in [6.45, 7) is 3.88. The number of hydrogen-bond donors (Lipinski definition) is 1. The van der Waals surface area contributed by atoms with Crippen LogP contribution in [0.2, 0.25) is 0 Å². The minimum Gasteiger partial charge on any atom is -0.492 e. The first-order chi connectivity index (χ1) is 14.0. The first-order valence-electron chi connectivity index (χ1n) is 9.03. The van der Waals surface area contributed by atoms with Crippen LogP contribution >= 0.6 is 0 Å². The second kappa shape index (κ2) is 9.01. The van der Waals surface area contributed by atoms with Crippen molar-refractivity contribution in [2.45, 2.75) is 20.0 Å².